The van der Waals surface area contributed by atoms with Crippen LogP contribution in [0.4, 0.5) is 10.1 Å². The molecule has 1 amide bonds. The van der Waals surface area contributed by atoms with Crippen molar-refractivity contribution in [2.24, 2.45) is 0 Å². The molecule has 30 heavy (non-hydrogen) atoms. The molecule has 0 saturated carbocycles. The third-order valence-electron chi connectivity index (χ3n) is 4.35. The first-order chi connectivity index (χ1) is 14.4. The van der Waals surface area contributed by atoms with Gasteiger partial charge in [0.25, 0.3) is 5.91 Å². The summed E-state index contributed by atoms with van der Waals surface area (Å²) in [5.74, 6) is -1.63. The van der Waals surface area contributed by atoms with Gasteiger partial charge in [-0.1, -0.05) is 36.4 Å². The first-order valence-electron chi connectivity index (χ1n) is 9.43. The number of hydrogen-bond acceptors (Lipinski definition) is 4. The number of ether oxygens (including phenoxy) is 1. The van der Waals surface area contributed by atoms with Crippen LogP contribution in [0.2, 0.25) is 0 Å². The van der Waals surface area contributed by atoms with Crippen molar-refractivity contribution in [3.05, 3.63) is 89.5 Å². The number of anilines is 1. The smallest absolute Gasteiger partial charge is 0.331 e. The molecule has 0 aliphatic carbocycles. The van der Waals surface area contributed by atoms with Crippen molar-refractivity contribution in [1.82, 2.24) is 9.78 Å². The number of carbonyl (C=O) groups is 2. The maximum atomic E-state index is 13.6. The van der Waals surface area contributed by atoms with E-state index in [4.69, 9.17) is 4.74 Å². The van der Waals surface area contributed by atoms with E-state index in [-0.39, 0.29) is 0 Å². The summed E-state index contributed by atoms with van der Waals surface area (Å²) in [6.07, 6.45) is 5.20. The standard InChI is InChI=1S/C23H22FN3O3/c1-16-8-10-20(12-21(16)24)26-23(29)17(2)30-22(28)11-9-19-13-25-27(15-19)14-18-6-4-3-5-7-18/h3-13,15,17H,14H2,1-2H3,(H,26,29)/b11-9+/t17-/m1/s1. The van der Waals surface area contributed by atoms with Gasteiger partial charge in [0.15, 0.2) is 6.10 Å². The van der Waals surface area contributed by atoms with Crippen molar-refractivity contribution in [1.29, 1.82) is 0 Å². The van der Waals surface area contributed by atoms with E-state index >= 15 is 0 Å². The molecule has 6 nitrogen and oxygen atoms in total. The number of halogens is 1. The molecule has 2 aromatic carbocycles. The van der Waals surface area contributed by atoms with Crippen LogP contribution >= 0.6 is 0 Å². The van der Waals surface area contributed by atoms with E-state index in [0.29, 0.717) is 17.8 Å². The lowest BCUT2D eigenvalue weighted by molar-refractivity contribution is -0.148. The Morgan fingerprint density at radius 1 is 1.23 bits per heavy atom. The number of carbonyl (C=O) groups excluding carboxylic acids is 2. The van der Waals surface area contributed by atoms with Crippen molar-refractivity contribution < 1.29 is 18.7 Å². The zero-order valence-electron chi connectivity index (χ0n) is 16.7. The first-order valence-corrected chi connectivity index (χ1v) is 9.43. The Morgan fingerprint density at radius 2 is 2.00 bits per heavy atom. The van der Waals surface area contributed by atoms with Crippen LogP contribution in [-0.2, 0) is 20.9 Å². The lowest BCUT2D eigenvalue weighted by Crippen LogP contribution is -2.29. The van der Waals surface area contributed by atoms with Crippen LogP contribution in [-0.4, -0.2) is 27.8 Å². The maximum absolute atomic E-state index is 13.6. The lowest BCUT2D eigenvalue weighted by atomic mass is 10.2. The Bertz CT molecular complexity index is 1060. The number of aromatic nitrogens is 2. The van der Waals surface area contributed by atoms with Gasteiger partial charge < -0.3 is 10.1 Å². The third-order valence-corrected chi connectivity index (χ3v) is 4.35. The topological polar surface area (TPSA) is 73.2 Å². The molecule has 1 heterocycles. The van der Waals surface area contributed by atoms with Gasteiger partial charge in [-0.2, -0.15) is 5.10 Å². The largest absolute Gasteiger partial charge is 0.449 e. The van der Waals surface area contributed by atoms with E-state index in [2.05, 4.69) is 10.4 Å². The average Bonchev–Trinajstić information content (AvgIpc) is 3.17. The second-order valence-corrected chi connectivity index (χ2v) is 6.82. The van der Waals surface area contributed by atoms with Gasteiger partial charge in [-0.15, -0.1) is 0 Å². The highest BCUT2D eigenvalue weighted by atomic mass is 19.1. The summed E-state index contributed by atoms with van der Waals surface area (Å²) >= 11 is 0. The van der Waals surface area contributed by atoms with Crippen LogP contribution in [0.15, 0.2) is 67.0 Å². The van der Waals surface area contributed by atoms with Gasteiger partial charge >= 0.3 is 5.97 Å². The van der Waals surface area contributed by atoms with Crippen molar-refractivity contribution in [2.45, 2.75) is 26.5 Å². The van der Waals surface area contributed by atoms with Gasteiger partial charge in [0.1, 0.15) is 5.82 Å². The monoisotopic (exact) mass is 407 g/mol. The molecule has 3 aromatic rings. The summed E-state index contributed by atoms with van der Waals surface area (Å²) in [7, 11) is 0. The van der Waals surface area contributed by atoms with E-state index in [0.717, 1.165) is 11.1 Å². The summed E-state index contributed by atoms with van der Waals surface area (Å²) in [6, 6.07) is 14.2. The van der Waals surface area contributed by atoms with Crippen molar-refractivity contribution >= 4 is 23.6 Å². The van der Waals surface area contributed by atoms with Crippen molar-refractivity contribution in [3.8, 4) is 0 Å². The van der Waals surface area contributed by atoms with Crippen LogP contribution in [0.3, 0.4) is 0 Å². The Labute approximate surface area is 174 Å². The molecule has 3 rings (SSSR count). The molecule has 1 atom stereocenters. The molecule has 0 aliphatic rings. The molecular weight excluding hydrogens is 385 g/mol. The van der Waals surface area contributed by atoms with E-state index in [1.54, 1.807) is 42.2 Å². The van der Waals surface area contributed by atoms with Gasteiger partial charge in [0, 0.05) is 23.5 Å². The van der Waals surface area contributed by atoms with Gasteiger partial charge in [0.2, 0.25) is 0 Å². The van der Waals surface area contributed by atoms with E-state index < -0.39 is 23.8 Å². The molecule has 7 heteroatoms. The summed E-state index contributed by atoms with van der Waals surface area (Å²) in [5.41, 5.74) is 2.62. The second kappa shape index (κ2) is 9.65. The van der Waals surface area contributed by atoms with Crippen LogP contribution in [0.25, 0.3) is 6.08 Å². The molecule has 154 valence electrons. The van der Waals surface area contributed by atoms with Crippen LogP contribution in [0, 0.1) is 12.7 Å². The zero-order valence-corrected chi connectivity index (χ0v) is 16.7. The van der Waals surface area contributed by atoms with Gasteiger partial charge in [-0.25, -0.2) is 9.18 Å². The summed E-state index contributed by atoms with van der Waals surface area (Å²) in [5, 5.41) is 6.78. The minimum absolute atomic E-state index is 0.298. The molecule has 0 spiro atoms. The highest BCUT2D eigenvalue weighted by molar-refractivity contribution is 5.96. The minimum atomic E-state index is -1.03. The fraction of sp³-hybridized carbons (Fsp3) is 0.174. The van der Waals surface area contributed by atoms with Crippen LogP contribution in [0.5, 0.6) is 0 Å². The highest BCUT2D eigenvalue weighted by Gasteiger charge is 2.17. The Kier molecular flexibility index (Phi) is 6.75. The number of aryl methyl sites for hydroxylation is 1. The second-order valence-electron chi connectivity index (χ2n) is 6.82. The predicted octanol–water partition coefficient (Wildman–Crippen LogP) is 3.96. The number of rotatable bonds is 7. The van der Waals surface area contributed by atoms with Gasteiger partial charge in [0.05, 0.1) is 12.7 Å². The number of benzene rings is 2. The third kappa shape index (κ3) is 5.88. The Hall–Kier alpha value is -3.74. The number of esters is 1. The molecule has 0 aliphatic heterocycles. The molecule has 1 N–H and O–H groups in total. The number of nitrogens with zero attached hydrogens (tertiary/aromatic N) is 2. The Morgan fingerprint density at radius 3 is 2.73 bits per heavy atom. The fourth-order valence-corrected chi connectivity index (χ4v) is 2.67. The number of hydrogen-bond donors (Lipinski definition) is 1. The number of amides is 1. The number of nitrogens with one attached hydrogen (secondary N) is 1. The van der Waals surface area contributed by atoms with Crippen molar-refractivity contribution in [2.75, 3.05) is 5.32 Å². The van der Waals surface area contributed by atoms with Crippen LogP contribution in [0.1, 0.15) is 23.6 Å². The molecule has 0 unspecified atom stereocenters. The van der Waals surface area contributed by atoms with Crippen LogP contribution < -0.4 is 5.32 Å². The summed E-state index contributed by atoms with van der Waals surface area (Å²) < 4.78 is 20.4. The first kappa shape index (κ1) is 21.0. The molecule has 0 fully saturated rings. The van der Waals surface area contributed by atoms with E-state index in [9.17, 15) is 14.0 Å². The molecular formula is C23H22FN3O3. The van der Waals surface area contributed by atoms with E-state index in [1.807, 2.05) is 30.3 Å². The highest BCUT2D eigenvalue weighted by Crippen LogP contribution is 2.14. The minimum Gasteiger partial charge on any atom is -0.449 e. The molecule has 0 saturated heterocycles. The molecule has 0 radical (unpaired) electrons. The van der Waals surface area contributed by atoms with Gasteiger partial charge in [-0.3, -0.25) is 9.48 Å². The maximum Gasteiger partial charge on any atom is 0.331 e. The lowest BCUT2D eigenvalue weighted by Gasteiger charge is -2.12. The zero-order chi connectivity index (χ0) is 21.5. The normalized spacial score (nSPS) is 12.0. The predicted molar refractivity (Wildman–Crippen MR) is 112 cm³/mol. The van der Waals surface area contributed by atoms with E-state index in [1.165, 1.54) is 19.1 Å². The Balaban J connectivity index is 1.51. The van der Waals surface area contributed by atoms with Gasteiger partial charge in [-0.05, 0) is 43.2 Å². The molecule has 1 aromatic heterocycles. The van der Waals surface area contributed by atoms with Crippen molar-refractivity contribution in [3.63, 3.8) is 0 Å². The summed E-state index contributed by atoms with van der Waals surface area (Å²) in [4.78, 5) is 24.2. The fourth-order valence-electron chi connectivity index (χ4n) is 2.67. The SMILES string of the molecule is Cc1ccc(NC(=O)[C@@H](C)OC(=O)/C=C/c2cnn(Cc3ccccc3)c2)cc1F. The summed E-state index contributed by atoms with van der Waals surface area (Å²) in [6.45, 7) is 3.70. The quantitative estimate of drug-likeness (QED) is 0.475. The average molecular weight is 407 g/mol. The molecule has 0 bridgehead atoms.